The predicted molar refractivity (Wildman–Crippen MR) is 74.1 cm³/mol. The molecule has 2 aromatic rings. The van der Waals surface area contributed by atoms with Gasteiger partial charge in [0.2, 0.25) is 11.7 Å². The van der Waals surface area contributed by atoms with Crippen LogP contribution in [0.5, 0.6) is 0 Å². The molecular weight excluding hydrogens is 256 g/mol. The van der Waals surface area contributed by atoms with Crippen LogP contribution in [-0.4, -0.2) is 28.5 Å². The van der Waals surface area contributed by atoms with E-state index in [4.69, 9.17) is 9.26 Å². The minimum Gasteiger partial charge on any atom is -0.392 e. The maximum atomic E-state index is 9.84. The van der Waals surface area contributed by atoms with E-state index >= 15 is 0 Å². The Hall–Kier alpha value is -1.72. The van der Waals surface area contributed by atoms with Gasteiger partial charge in [-0.2, -0.15) is 4.98 Å². The molecule has 1 heterocycles. The zero-order valence-corrected chi connectivity index (χ0v) is 12.0. The summed E-state index contributed by atoms with van der Waals surface area (Å²) in [7, 11) is 1.61. The Balaban J connectivity index is 2.14. The van der Waals surface area contributed by atoms with Crippen molar-refractivity contribution in [3.8, 4) is 0 Å². The van der Waals surface area contributed by atoms with Crippen molar-refractivity contribution >= 4 is 0 Å². The third kappa shape index (κ3) is 3.43. The highest BCUT2D eigenvalue weighted by molar-refractivity contribution is 5.22. The molecule has 5 heteroatoms. The van der Waals surface area contributed by atoms with E-state index in [1.807, 2.05) is 44.2 Å². The molecule has 0 radical (unpaired) electrons. The van der Waals surface area contributed by atoms with Crippen molar-refractivity contribution in [2.45, 2.75) is 32.5 Å². The zero-order valence-electron chi connectivity index (χ0n) is 12.0. The quantitative estimate of drug-likeness (QED) is 0.877. The summed E-state index contributed by atoms with van der Waals surface area (Å²) in [5.41, 5.74) is 0.965. The van der Waals surface area contributed by atoms with Crippen molar-refractivity contribution < 1.29 is 14.4 Å². The Morgan fingerprint density at radius 3 is 2.55 bits per heavy atom. The summed E-state index contributed by atoms with van der Waals surface area (Å²) < 4.78 is 10.6. The average Bonchev–Trinajstić information content (AvgIpc) is 2.89. The van der Waals surface area contributed by atoms with Crippen molar-refractivity contribution in [1.82, 2.24) is 10.1 Å². The molecule has 0 fully saturated rings. The average molecular weight is 276 g/mol. The molecule has 5 nitrogen and oxygen atoms in total. The molecule has 0 aliphatic heterocycles. The first kappa shape index (κ1) is 14.7. The van der Waals surface area contributed by atoms with Gasteiger partial charge in [0.1, 0.15) is 6.10 Å². The van der Waals surface area contributed by atoms with Gasteiger partial charge in [0.15, 0.2) is 0 Å². The SMILES string of the molecule is COC(c1ccccc1)c1noc(CC(O)C(C)C)n1. The summed E-state index contributed by atoms with van der Waals surface area (Å²) in [4.78, 5) is 4.32. The second-order valence-electron chi connectivity index (χ2n) is 5.09. The van der Waals surface area contributed by atoms with E-state index in [2.05, 4.69) is 10.1 Å². The van der Waals surface area contributed by atoms with Gasteiger partial charge >= 0.3 is 0 Å². The molecule has 0 saturated heterocycles. The van der Waals surface area contributed by atoms with Crippen LogP contribution in [0.4, 0.5) is 0 Å². The molecule has 0 bridgehead atoms. The molecule has 20 heavy (non-hydrogen) atoms. The molecule has 2 atom stereocenters. The standard InChI is InChI=1S/C15H20N2O3/c1-10(2)12(18)9-13-16-15(17-20-13)14(19-3)11-7-5-4-6-8-11/h4-8,10,12,14,18H,9H2,1-3H3. The zero-order chi connectivity index (χ0) is 14.5. The van der Waals surface area contributed by atoms with Crippen LogP contribution in [-0.2, 0) is 11.2 Å². The molecule has 2 rings (SSSR count). The fourth-order valence-corrected chi connectivity index (χ4v) is 1.89. The fraction of sp³-hybridized carbons (Fsp3) is 0.467. The maximum Gasteiger partial charge on any atom is 0.229 e. The van der Waals surface area contributed by atoms with Gasteiger partial charge in [-0.15, -0.1) is 0 Å². The number of hydrogen-bond donors (Lipinski definition) is 1. The fourth-order valence-electron chi connectivity index (χ4n) is 1.89. The van der Waals surface area contributed by atoms with Gasteiger partial charge in [0.25, 0.3) is 0 Å². The summed E-state index contributed by atoms with van der Waals surface area (Å²) >= 11 is 0. The van der Waals surface area contributed by atoms with E-state index in [0.717, 1.165) is 5.56 Å². The Labute approximate surface area is 118 Å². The molecular formula is C15H20N2O3. The number of aliphatic hydroxyl groups excluding tert-OH is 1. The van der Waals surface area contributed by atoms with Crippen LogP contribution in [0.2, 0.25) is 0 Å². The van der Waals surface area contributed by atoms with Gasteiger partial charge in [-0.25, -0.2) is 0 Å². The van der Waals surface area contributed by atoms with E-state index in [-0.39, 0.29) is 12.0 Å². The molecule has 0 aliphatic carbocycles. The van der Waals surface area contributed by atoms with Crippen LogP contribution in [0.3, 0.4) is 0 Å². The van der Waals surface area contributed by atoms with Crippen LogP contribution < -0.4 is 0 Å². The number of aromatic nitrogens is 2. The molecule has 0 saturated carbocycles. The molecule has 1 N–H and O–H groups in total. The highest BCUT2D eigenvalue weighted by Crippen LogP contribution is 2.23. The number of hydrogen-bond acceptors (Lipinski definition) is 5. The number of aliphatic hydroxyl groups is 1. The van der Waals surface area contributed by atoms with E-state index in [1.165, 1.54) is 0 Å². The summed E-state index contributed by atoms with van der Waals surface area (Å²) in [6.45, 7) is 3.90. The lowest BCUT2D eigenvalue weighted by molar-refractivity contribution is 0.115. The van der Waals surface area contributed by atoms with Crippen molar-refractivity contribution in [2.75, 3.05) is 7.11 Å². The third-order valence-electron chi connectivity index (χ3n) is 3.21. The number of nitrogens with zero attached hydrogens (tertiary/aromatic N) is 2. The van der Waals surface area contributed by atoms with Crippen LogP contribution in [0.1, 0.15) is 37.2 Å². The molecule has 0 spiro atoms. The molecule has 108 valence electrons. The molecule has 2 unspecified atom stereocenters. The number of ether oxygens (including phenoxy) is 1. The highest BCUT2D eigenvalue weighted by atomic mass is 16.5. The first-order chi connectivity index (χ1) is 9.61. The predicted octanol–water partition coefficient (Wildman–Crippen LogP) is 2.36. The van der Waals surface area contributed by atoms with Crippen molar-refractivity contribution in [3.05, 3.63) is 47.6 Å². The first-order valence-electron chi connectivity index (χ1n) is 6.70. The van der Waals surface area contributed by atoms with Crippen LogP contribution in [0, 0.1) is 5.92 Å². The second-order valence-corrected chi connectivity index (χ2v) is 5.09. The number of rotatable bonds is 6. The van der Waals surface area contributed by atoms with Gasteiger partial charge < -0.3 is 14.4 Å². The van der Waals surface area contributed by atoms with E-state index in [1.54, 1.807) is 7.11 Å². The van der Waals surface area contributed by atoms with Crippen molar-refractivity contribution in [3.63, 3.8) is 0 Å². The van der Waals surface area contributed by atoms with Gasteiger partial charge in [-0.05, 0) is 11.5 Å². The monoisotopic (exact) mass is 276 g/mol. The summed E-state index contributed by atoms with van der Waals surface area (Å²) in [6.07, 6.45) is -0.485. The van der Waals surface area contributed by atoms with Crippen LogP contribution in [0.15, 0.2) is 34.9 Å². The summed E-state index contributed by atoms with van der Waals surface area (Å²) in [5, 5.41) is 13.8. The minimum atomic E-state index is -0.485. The lowest BCUT2D eigenvalue weighted by Crippen LogP contribution is -2.17. The Bertz CT molecular complexity index is 525. The van der Waals surface area contributed by atoms with E-state index in [9.17, 15) is 5.11 Å². The molecule has 1 aromatic heterocycles. The molecule has 0 aliphatic rings. The van der Waals surface area contributed by atoms with Gasteiger partial charge in [0.05, 0.1) is 12.5 Å². The van der Waals surface area contributed by atoms with Crippen molar-refractivity contribution in [1.29, 1.82) is 0 Å². The first-order valence-corrected chi connectivity index (χ1v) is 6.70. The molecule has 1 aromatic carbocycles. The second kappa shape index (κ2) is 6.63. The van der Waals surface area contributed by atoms with Crippen molar-refractivity contribution in [2.24, 2.45) is 5.92 Å². The summed E-state index contributed by atoms with van der Waals surface area (Å²) in [6, 6.07) is 9.72. The number of benzene rings is 1. The Morgan fingerprint density at radius 1 is 1.25 bits per heavy atom. The maximum absolute atomic E-state index is 9.84. The Morgan fingerprint density at radius 2 is 1.95 bits per heavy atom. The van der Waals surface area contributed by atoms with Gasteiger partial charge in [-0.3, -0.25) is 0 Å². The van der Waals surface area contributed by atoms with Crippen LogP contribution >= 0.6 is 0 Å². The summed E-state index contributed by atoms with van der Waals surface area (Å²) in [5.74, 6) is 1.06. The van der Waals surface area contributed by atoms with E-state index in [0.29, 0.717) is 18.1 Å². The normalized spacial score (nSPS) is 14.4. The van der Waals surface area contributed by atoms with Gasteiger partial charge in [0, 0.05) is 7.11 Å². The lowest BCUT2D eigenvalue weighted by Gasteiger charge is -2.11. The number of methoxy groups -OCH3 is 1. The minimum absolute atomic E-state index is 0.151. The lowest BCUT2D eigenvalue weighted by atomic mass is 10.0. The Kier molecular flexibility index (Phi) is 4.87. The van der Waals surface area contributed by atoms with Gasteiger partial charge in [-0.1, -0.05) is 49.3 Å². The van der Waals surface area contributed by atoms with Crippen LogP contribution in [0.25, 0.3) is 0 Å². The smallest absolute Gasteiger partial charge is 0.229 e. The highest BCUT2D eigenvalue weighted by Gasteiger charge is 2.21. The molecule has 0 amide bonds. The topological polar surface area (TPSA) is 68.4 Å². The third-order valence-corrected chi connectivity index (χ3v) is 3.21. The largest absolute Gasteiger partial charge is 0.392 e. The van der Waals surface area contributed by atoms with E-state index < -0.39 is 6.10 Å².